The van der Waals surface area contributed by atoms with Gasteiger partial charge in [-0.25, -0.2) is 0 Å². The van der Waals surface area contributed by atoms with E-state index in [2.05, 4.69) is 41.4 Å². The van der Waals surface area contributed by atoms with Crippen LogP contribution >= 0.6 is 0 Å². The molecule has 2 N–H and O–H groups in total. The van der Waals surface area contributed by atoms with Gasteiger partial charge in [-0.05, 0) is 38.3 Å². The molecule has 1 atom stereocenters. The van der Waals surface area contributed by atoms with E-state index in [1.807, 2.05) is 7.05 Å². The summed E-state index contributed by atoms with van der Waals surface area (Å²) in [5.41, 5.74) is 0. The Morgan fingerprint density at radius 2 is 2.05 bits per heavy atom. The molecule has 0 saturated carbocycles. The Kier molecular flexibility index (Phi) is 7.87. The number of nitrogens with one attached hydrogen (secondary N) is 2. The third-order valence-corrected chi connectivity index (χ3v) is 4.22. The molecule has 4 nitrogen and oxygen atoms in total. The van der Waals surface area contributed by atoms with Crippen molar-refractivity contribution >= 4 is 5.96 Å². The molecule has 0 aliphatic carbocycles. The van der Waals surface area contributed by atoms with Crippen LogP contribution in [0.25, 0.3) is 0 Å². The molecular weight excluding hydrogens is 236 g/mol. The van der Waals surface area contributed by atoms with Crippen molar-refractivity contribution in [3.05, 3.63) is 0 Å². The monoisotopic (exact) mass is 268 g/mol. The fourth-order valence-corrected chi connectivity index (χ4v) is 2.72. The number of aliphatic imine (C=N–C) groups is 1. The summed E-state index contributed by atoms with van der Waals surface area (Å²) in [4.78, 5) is 6.74. The SMILES string of the molecule is CCC(CC)CNC(=NC)NCC1CCCN(C)C1. The Bertz CT molecular complexity index is 261. The van der Waals surface area contributed by atoms with Gasteiger partial charge >= 0.3 is 0 Å². The summed E-state index contributed by atoms with van der Waals surface area (Å²) in [7, 11) is 4.07. The predicted molar refractivity (Wildman–Crippen MR) is 83.7 cm³/mol. The highest BCUT2D eigenvalue weighted by Gasteiger charge is 2.17. The van der Waals surface area contributed by atoms with Crippen molar-refractivity contribution in [3.8, 4) is 0 Å². The van der Waals surface area contributed by atoms with Crippen LogP contribution < -0.4 is 10.6 Å². The molecule has 1 fully saturated rings. The summed E-state index contributed by atoms with van der Waals surface area (Å²) in [5.74, 6) is 2.46. The lowest BCUT2D eigenvalue weighted by Crippen LogP contribution is -2.44. The number of piperidine rings is 1. The zero-order valence-electron chi connectivity index (χ0n) is 13.2. The van der Waals surface area contributed by atoms with Crippen LogP contribution in [0.4, 0.5) is 0 Å². The molecule has 0 bridgehead atoms. The van der Waals surface area contributed by atoms with E-state index in [9.17, 15) is 0 Å². The maximum absolute atomic E-state index is 4.31. The van der Waals surface area contributed by atoms with Gasteiger partial charge in [-0.3, -0.25) is 4.99 Å². The molecule has 4 heteroatoms. The van der Waals surface area contributed by atoms with Crippen molar-refractivity contribution in [2.24, 2.45) is 16.8 Å². The average molecular weight is 268 g/mol. The second-order valence-corrected chi connectivity index (χ2v) is 5.79. The minimum absolute atomic E-state index is 0.749. The molecular formula is C15H32N4. The van der Waals surface area contributed by atoms with Crippen LogP contribution in [0.5, 0.6) is 0 Å². The van der Waals surface area contributed by atoms with E-state index in [4.69, 9.17) is 0 Å². The highest BCUT2D eigenvalue weighted by Crippen LogP contribution is 2.13. The summed E-state index contributed by atoms with van der Waals surface area (Å²) in [6, 6.07) is 0. The van der Waals surface area contributed by atoms with Crippen LogP contribution in [0.15, 0.2) is 4.99 Å². The van der Waals surface area contributed by atoms with Crippen LogP contribution in [0.2, 0.25) is 0 Å². The molecule has 0 aromatic carbocycles. The Morgan fingerprint density at radius 3 is 2.63 bits per heavy atom. The van der Waals surface area contributed by atoms with Gasteiger partial charge in [-0.1, -0.05) is 26.7 Å². The average Bonchev–Trinajstić information content (AvgIpc) is 2.43. The van der Waals surface area contributed by atoms with Gasteiger partial charge in [0.15, 0.2) is 5.96 Å². The number of guanidine groups is 1. The molecule has 0 radical (unpaired) electrons. The number of hydrogen-bond donors (Lipinski definition) is 2. The van der Waals surface area contributed by atoms with E-state index in [1.54, 1.807) is 0 Å². The van der Waals surface area contributed by atoms with Gasteiger partial charge in [0.2, 0.25) is 0 Å². The lowest BCUT2D eigenvalue weighted by molar-refractivity contribution is 0.210. The summed E-state index contributed by atoms with van der Waals surface area (Å²) < 4.78 is 0. The van der Waals surface area contributed by atoms with E-state index < -0.39 is 0 Å². The van der Waals surface area contributed by atoms with E-state index in [1.165, 1.54) is 38.8 Å². The lowest BCUT2D eigenvalue weighted by atomic mass is 9.98. The van der Waals surface area contributed by atoms with E-state index in [0.29, 0.717) is 0 Å². The van der Waals surface area contributed by atoms with Gasteiger partial charge in [0.05, 0.1) is 0 Å². The zero-order valence-corrected chi connectivity index (χ0v) is 13.2. The molecule has 19 heavy (non-hydrogen) atoms. The Labute approximate surface area is 119 Å². The van der Waals surface area contributed by atoms with Crippen molar-refractivity contribution in [1.82, 2.24) is 15.5 Å². The number of likely N-dealkylation sites (tertiary alicyclic amines) is 1. The first-order chi connectivity index (χ1) is 9.19. The van der Waals surface area contributed by atoms with Gasteiger partial charge in [-0.15, -0.1) is 0 Å². The fourth-order valence-electron chi connectivity index (χ4n) is 2.72. The van der Waals surface area contributed by atoms with Crippen molar-refractivity contribution in [1.29, 1.82) is 0 Å². The van der Waals surface area contributed by atoms with E-state index in [-0.39, 0.29) is 0 Å². The Balaban J connectivity index is 2.25. The summed E-state index contributed by atoms with van der Waals surface area (Å²) in [5, 5.41) is 6.92. The molecule has 1 rings (SSSR count). The molecule has 1 saturated heterocycles. The van der Waals surface area contributed by atoms with Crippen LogP contribution in [0, 0.1) is 11.8 Å². The lowest BCUT2D eigenvalue weighted by Gasteiger charge is -2.30. The molecule has 0 aromatic rings. The molecule has 1 aliphatic rings. The highest BCUT2D eigenvalue weighted by atomic mass is 15.2. The molecule has 0 aromatic heterocycles. The third kappa shape index (κ3) is 6.28. The van der Waals surface area contributed by atoms with Crippen molar-refractivity contribution in [2.75, 3.05) is 40.3 Å². The minimum atomic E-state index is 0.749. The minimum Gasteiger partial charge on any atom is -0.356 e. The summed E-state index contributed by atoms with van der Waals surface area (Å²) in [6.07, 6.45) is 5.12. The third-order valence-electron chi connectivity index (χ3n) is 4.22. The van der Waals surface area contributed by atoms with Crippen LogP contribution in [-0.4, -0.2) is 51.1 Å². The maximum atomic E-state index is 4.31. The smallest absolute Gasteiger partial charge is 0.190 e. The Morgan fingerprint density at radius 1 is 1.32 bits per heavy atom. The van der Waals surface area contributed by atoms with Gasteiger partial charge in [0, 0.05) is 26.7 Å². The fraction of sp³-hybridized carbons (Fsp3) is 0.933. The number of nitrogens with zero attached hydrogens (tertiary/aromatic N) is 2. The molecule has 1 heterocycles. The van der Waals surface area contributed by atoms with Gasteiger partial charge in [0.25, 0.3) is 0 Å². The number of hydrogen-bond acceptors (Lipinski definition) is 2. The normalized spacial score (nSPS) is 21.7. The predicted octanol–water partition coefficient (Wildman–Crippen LogP) is 1.93. The Hall–Kier alpha value is -0.770. The number of rotatable bonds is 6. The largest absolute Gasteiger partial charge is 0.356 e. The molecule has 1 aliphatic heterocycles. The van der Waals surface area contributed by atoms with Crippen molar-refractivity contribution in [3.63, 3.8) is 0 Å². The van der Waals surface area contributed by atoms with E-state index in [0.717, 1.165) is 30.9 Å². The quantitative estimate of drug-likeness (QED) is 0.571. The zero-order chi connectivity index (χ0) is 14.1. The molecule has 0 amide bonds. The first kappa shape index (κ1) is 16.3. The van der Waals surface area contributed by atoms with Crippen LogP contribution in [0.3, 0.4) is 0 Å². The van der Waals surface area contributed by atoms with Gasteiger partial charge < -0.3 is 15.5 Å². The summed E-state index contributed by atoms with van der Waals surface area (Å²) >= 11 is 0. The second kappa shape index (κ2) is 9.18. The molecule has 1 unspecified atom stereocenters. The van der Waals surface area contributed by atoms with Crippen molar-refractivity contribution < 1.29 is 0 Å². The van der Waals surface area contributed by atoms with Gasteiger partial charge in [0.1, 0.15) is 0 Å². The topological polar surface area (TPSA) is 39.7 Å². The molecule has 0 spiro atoms. The standard InChI is InChI=1S/C15H32N4/c1-5-13(6-2)10-17-15(16-3)18-11-14-8-7-9-19(4)12-14/h13-14H,5-12H2,1-4H3,(H2,16,17,18). The summed E-state index contributed by atoms with van der Waals surface area (Å²) in [6.45, 7) is 9.02. The second-order valence-electron chi connectivity index (χ2n) is 5.79. The maximum Gasteiger partial charge on any atom is 0.190 e. The first-order valence-electron chi connectivity index (χ1n) is 7.82. The van der Waals surface area contributed by atoms with Crippen LogP contribution in [0.1, 0.15) is 39.5 Å². The highest BCUT2D eigenvalue weighted by molar-refractivity contribution is 5.79. The first-order valence-corrected chi connectivity index (χ1v) is 7.82. The van der Waals surface area contributed by atoms with Gasteiger partial charge in [-0.2, -0.15) is 0 Å². The van der Waals surface area contributed by atoms with E-state index >= 15 is 0 Å². The molecule has 112 valence electrons. The van der Waals surface area contributed by atoms with Crippen LogP contribution in [-0.2, 0) is 0 Å². The van der Waals surface area contributed by atoms with Crippen molar-refractivity contribution in [2.45, 2.75) is 39.5 Å².